The molecule has 0 fully saturated rings. The fourth-order valence-corrected chi connectivity index (χ4v) is 2.11. The van der Waals surface area contributed by atoms with E-state index in [0.29, 0.717) is 0 Å². The molecule has 3 N–H and O–H groups in total. The Morgan fingerprint density at radius 2 is 2.11 bits per heavy atom. The number of oxazole rings is 1. The van der Waals surface area contributed by atoms with E-state index in [1.165, 1.54) is 18.3 Å². The third-order valence-electron chi connectivity index (χ3n) is 3.34. The van der Waals surface area contributed by atoms with Gasteiger partial charge in [-0.3, -0.25) is 9.89 Å². The van der Waals surface area contributed by atoms with Crippen molar-refractivity contribution in [2.24, 2.45) is 0 Å². The van der Waals surface area contributed by atoms with Gasteiger partial charge in [0.2, 0.25) is 5.89 Å². The highest BCUT2D eigenvalue weighted by Crippen LogP contribution is 2.25. The van der Waals surface area contributed by atoms with Crippen molar-refractivity contribution in [2.75, 3.05) is 17.2 Å². The van der Waals surface area contributed by atoms with Crippen molar-refractivity contribution in [1.82, 2.24) is 20.2 Å². The third kappa shape index (κ3) is 4.61. The van der Waals surface area contributed by atoms with Gasteiger partial charge in [0.25, 0.3) is 12.3 Å². The van der Waals surface area contributed by atoms with Crippen molar-refractivity contribution in [3.05, 3.63) is 42.2 Å². The van der Waals surface area contributed by atoms with Gasteiger partial charge in [0.15, 0.2) is 11.4 Å². The minimum Gasteiger partial charge on any atom is -0.444 e. The zero-order valence-corrected chi connectivity index (χ0v) is 13.7. The first-order valence-corrected chi connectivity index (χ1v) is 7.58. The van der Waals surface area contributed by atoms with Crippen LogP contribution in [-0.4, -0.2) is 38.8 Å². The number of H-pyrrole nitrogens is 1. The normalized spacial score (nSPS) is 11.6. The predicted octanol–water partition coefficient (Wildman–Crippen LogP) is 3.62. The van der Waals surface area contributed by atoms with Crippen molar-refractivity contribution in [1.29, 1.82) is 0 Å². The van der Waals surface area contributed by atoms with E-state index in [-0.39, 0.29) is 28.7 Å². The summed E-state index contributed by atoms with van der Waals surface area (Å²) >= 11 is 0. The van der Waals surface area contributed by atoms with Gasteiger partial charge in [0.1, 0.15) is 18.6 Å². The van der Waals surface area contributed by atoms with Gasteiger partial charge in [-0.1, -0.05) is 0 Å². The van der Waals surface area contributed by atoms with Gasteiger partial charge in [-0.15, -0.1) is 0 Å². The second-order valence-electron chi connectivity index (χ2n) is 5.38. The highest BCUT2D eigenvalue weighted by molar-refractivity contribution is 6.03. The van der Waals surface area contributed by atoms with Crippen LogP contribution in [0.2, 0.25) is 0 Å². The molecule has 3 rings (SSSR count). The van der Waals surface area contributed by atoms with Crippen molar-refractivity contribution in [3.63, 3.8) is 0 Å². The lowest BCUT2D eigenvalue weighted by atomic mass is 10.2. The molecule has 0 aliphatic carbocycles. The zero-order valence-electron chi connectivity index (χ0n) is 13.7. The SMILES string of the molecule is O=C(Nc1c[nH]nc1C(F)F)c1coc(-c2ccnc(NCC(F)(F)F)c2)n1. The first-order valence-electron chi connectivity index (χ1n) is 7.58. The highest BCUT2D eigenvalue weighted by Gasteiger charge is 2.27. The maximum atomic E-state index is 12.8. The van der Waals surface area contributed by atoms with Crippen LogP contribution in [0.3, 0.4) is 0 Å². The molecule has 1 amide bonds. The third-order valence-corrected chi connectivity index (χ3v) is 3.34. The van der Waals surface area contributed by atoms with Gasteiger partial charge in [-0.25, -0.2) is 18.7 Å². The van der Waals surface area contributed by atoms with Crippen LogP contribution in [-0.2, 0) is 0 Å². The molecule has 148 valence electrons. The summed E-state index contributed by atoms with van der Waals surface area (Å²) in [6.07, 6.45) is -4.01. The number of rotatable bonds is 6. The number of halogens is 5. The molecule has 0 aliphatic heterocycles. The number of amides is 1. The number of alkyl halides is 5. The summed E-state index contributed by atoms with van der Waals surface area (Å²) in [5, 5.41) is 9.87. The monoisotopic (exact) mass is 402 g/mol. The molecule has 13 heteroatoms. The summed E-state index contributed by atoms with van der Waals surface area (Å²) in [7, 11) is 0. The Morgan fingerprint density at radius 3 is 2.82 bits per heavy atom. The van der Waals surface area contributed by atoms with E-state index in [1.807, 2.05) is 0 Å². The number of carbonyl (C=O) groups is 1. The van der Waals surface area contributed by atoms with E-state index in [9.17, 15) is 26.7 Å². The Morgan fingerprint density at radius 1 is 1.32 bits per heavy atom. The first kappa shape index (κ1) is 19.3. The number of carbonyl (C=O) groups excluding carboxylic acids is 1. The molecule has 0 aliphatic rings. The van der Waals surface area contributed by atoms with Crippen LogP contribution in [0.25, 0.3) is 11.5 Å². The lowest BCUT2D eigenvalue weighted by molar-refractivity contribution is -0.115. The van der Waals surface area contributed by atoms with E-state index in [2.05, 4.69) is 30.8 Å². The topological polar surface area (TPSA) is 109 Å². The molecule has 8 nitrogen and oxygen atoms in total. The van der Waals surface area contributed by atoms with Crippen LogP contribution < -0.4 is 10.6 Å². The lowest BCUT2D eigenvalue weighted by Crippen LogP contribution is -2.21. The van der Waals surface area contributed by atoms with Gasteiger partial charge in [-0.05, 0) is 12.1 Å². The average Bonchev–Trinajstić information content (AvgIpc) is 3.29. The molecule has 0 saturated carbocycles. The molecule has 3 aromatic heterocycles. The van der Waals surface area contributed by atoms with Crippen molar-refractivity contribution < 1.29 is 31.2 Å². The van der Waals surface area contributed by atoms with Crippen molar-refractivity contribution >= 4 is 17.4 Å². The number of hydrogen-bond acceptors (Lipinski definition) is 6. The summed E-state index contributed by atoms with van der Waals surface area (Å²) in [5.74, 6) is -0.967. The number of hydrogen-bond donors (Lipinski definition) is 3. The number of pyridine rings is 1. The smallest absolute Gasteiger partial charge is 0.405 e. The molecule has 3 heterocycles. The van der Waals surface area contributed by atoms with Crippen molar-refractivity contribution in [3.8, 4) is 11.5 Å². The van der Waals surface area contributed by atoms with E-state index in [4.69, 9.17) is 4.42 Å². The van der Waals surface area contributed by atoms with E-state index in [0.717, 1.165) is 12.5 Å². The average molecular weight is 402 g/mol. The molecule has 0 bridgehead atoms. The number of aromatic amines is 1. The quantitative estimate of drug-likeness (QED) is 0.544. The molecule has 0 unspecified atom stereocenters. The van der Waals surface area contributed by atoms with Gasteiger partial charge in [-0.2, -0.15) is 18.3 Å². The van der Waals surface area contributed by atoms with Crippen LogP contribution >= 0.6 is 0 Å². The molecular weight excluding hydrogens is 391 g/mol. The first-order chi connectivity index (χ1) is 13.2. The Bertz CT molecular complexity index is 968. The summed E-state index contributed by atoms with van der Waals surface area (Å²) in [5.41, 5.74) is -0.813. The second-order valence-corrected chi connectivity index (χ2v) is 5.38. The molecule has 0 spiro atoms. The summed E-state index contributed by atoms with van der Waals surface area (Å²) in [6, 6.07) is 2.67. The molecule has 3 aromatic rings. The van der Waals surface area contributed by atoms with Gasteiger partial charge >= 0.3 is 6.18 Å². The number of aromatic nitrogens is 4. The molecule has 0 saturated heterocycles. The number of nitrogens with one attached hydrogen (secondary N) is 3. The highest BCUT2D eigenvalue weighted by atomic mass is 19.4. The molecule has 0 atom stereocenters. The van der Waals surface area contributed by atoms with Crippen LogP contribution in [0.4, 0.5) is 33.5 Å². The van der Waals surface area contributed by atoms with E-state index >= 15 is 0 Å². The summed E-state index contributed by atoms with van der Waals surface area (Å²) in [6.45, 7) is -1.28. The van der Waals surface area contributed by atoms with Gasteiger partial charge in [0.05, 0.1) is 5.69 Å². The van der Waals surface area contributed by atoms with Crippen LogP contribution in [0, 0.1) is 0 Å². The van der Waals surface area contributed by atoms with E-state index < -0.39 is 30.7 Å². The fourth-order valence-electron chi connectivity index (χ4n) is 2.11. The minimum atomic E-state index is -4.42. The van der Waals surface area contributed by atoms with E-state index in [1.54, 1.807) is 0 Å². The number of nitrogens with zero attached hydrogens (tertiary/aromatic N) is 3. The Hall–Kier alpha value is -3.51. The Kier molecular flexibility index (Phi) is 5.24. The van der Waals surface area contributed by atoms with Crippen LogP contribution in [0.1, 0.15) is 22.6 Å². The maximum absolute atomic E-state index is 12.8. The van der Waals surface area contributed by atoms with Crippen LogP contribution in [0.5, 0.6) is 0 Å². The molecule has 0 aromatic carbocycles. The second kappa shape index (κ2) is 7.62. The van der Waals surface area contributed by atoms with Gasteiger partial charge < -0.3 is 15.1 Å². The maximum Gasteiger partial charge on any atom is 0.405 e. The Labute approximate surface area is 153 Å². The van der Waals surface area contributed by atoms with Crippen molar-refractivity contribution in [2.45, 2.75) is 12.6 Å². The Balaban J connectivity index is 1.73. The summed E-state index contributed by atoms with van der Waals surface area (Å²) in [4.78, 5) is 19.8. The molecular formula is C15H11F5N6O2. The van der Waals surface area contributed by atoms with Crippen LogP contribution in [0.15, 0.2) is 35.2 Å². The molecule has 28 heavy (non-hydrogen) atoms. The standard InChI is InChI=1S/C15H11F5N6O2/c16-12(17)11-8(4-23-26-11)24-13(27)9-5-28-14(25-9)7-1-2-21-10(3-7)22-6-15(18,19)20/h1-5,12H,6H2,(H,21,22)(H,23,26)(H,24,27). The summed E-state index contributed by atoms with van der Waals surface area (Å²) < 4.78 is 67.5. The largest absolute Gasteiger partial charge is 0.444 e. The van der Waals surface area contributed by atoms with Gasteiger partial charge in [0, 0.05) is 18.0 Å². The lowest BCUT2D eigenvalue weighted by Gasteiger charge is -2.08. The molecule has 0 radical (unpaired) electrons. The zero-order chi connectivity index (χ0) is 20.3. The number of anilines is 2. The minimum absolute atomic E-state index is 0.0658. The fraction of sp³-hybridized carbons (Fsp3) is 0.200. The predicted molar refractivity (Wildman–Crippen MR) is 85.8 cm³/mol.